The minimum absolute atomic E-state index is 0.0931. The van der Waals surface area contributed by atoms with Crippen molar-refractivity contribution in [3.8, 4) is 0 Å². The van der Waals surface area contributed by atoms with Crippen molar-refractivity contribution in [3.63, 3.8) is 0 Å². The van der Waals surface area contributed by atoms with Gasteiger partial charge in [0.1, 0.15) is 11.6 Å². The molecule has 0 aliphatic rings. The Kier molecular flexibility index (Phi) is 3.59. The van der Waals surface area contributed by atoms with Crippen LogP contribution in [0.3, 0.4) is 0 Å². The van der Waals surface area contributed by atoms with Gasteiger partial charge in [-0.15, -0.1) is 0 Å². The molecule has 2 nitrogen and oxygen atoms in total. The maximum absolute atomic E-state index is 13.4. The molecule has 2 rings (SSSR count). The van der Waals surface area contributed by atoms with Crippen molar-refractivity contribution >= 4 is 0 Å². The van der Waals surface area contributed by atoms with E-state index in [0.29, 0.717) is 0 Å². The number of halogens is 1. The van der Waals surface area contributed by atoms with Crippen LogP contribution in [0.15, 0.2) is 41.0 Å². The van der Waals surface area contributed by atoms with E-state index < -0.39 is 0 Å². The predicted molar refractivity (Wildman–Crippen MR) is 65.4 cm³/mol. The Hall–Kier alpha value is -1.61. The smallest absolute Gasteiger partial charge is 0.125 e. The van der Waals surface area contributed by atoms with Gasteiger partial charge < -0.3 is 9.73 Å². The summed E-state index contributed by atoms with van der Waals surface area (Å²) in [5, 5.41) is 3.30. The van der Waals surface area contributed by atoms with Gasteiger partial charge in [0.15, 0.2) is 0 Å². The van der Waals surface area contributed by atoms with E-state index in [4.69, 9.17) is 4.42 Å². The molecule has 0 aliphatic carbocycles. The highest BCUT2D eigenvalue weighted by Crippen LogP contribution is 2.24. The molecule has 0 amide bonds. The molecule has 0 bridgehead atoms. The second-order valence-electron chi connectivity index (χ2n) is 4.07. The highest BCUT2D eigenvalue weighted by atomic mass is 19.1. The average Bonchev–Trinajstić information content (AvgIpc) is 2.77. The molecule has 17 heavy (non-hydrogen) atoms. The van der Waals surface area contributed by atoms with Gasteiger partial charge in [-0.25, -0.2) is 4.39 Å². The molecular weight excluding hydrogens is 217 g/mol. The van der Waals surface area contributed by atoms with Crippen LogP contribution >= 0.6 is 0 Å². The zero-order valence-electron chi connectivity index (χ0n) is 10.0. The molecule has 3 heteroatoms. The van der Waals surface area contributed by atoms with E-state index in [2.05, 4.69) is 5.32 Å². The zero-order chi connectivity index (χ0) is 12.3. The molecule has 90 valence electrons. The van der Waals surface area contributed by atoms with Crippen molar-refractivity contribution < 1.29 is 8.81 Å². The zero-order valence-corrected chi connectivity index (χ0v) is 10.0. The summed E-state index contributed by atoms with van der Waals surface area (Å²) in [4.78, 5) is 0. The van der Waals surface area contributed by atoms with Gasteiger partial charge in [0.05, 0.1) is 12.3 Å². The normalized spacial score (nSPS) is 12.6. The molecule has 0 spiro atoms. The Morgan fingerprint density at radius 2 is 2.18 bits per heavy atom. The Balaban J connectivity index is 2.38. The maximum Gasteiger partial charge on any atom is 0.125 e. The van der Waals surface area contributed by atoms with Crippen molar-refractivity contribution in [2.45, 2.75) is 19.9 Å². The molecular formula is C14H16FNO. The predicted octanol–water partition coefficient (Wildman–Crippen LogP) is 3.43. The highest BCUT2D eigenvalue weighted by Gasteiger charge is 2.16. The third-order valence-corrected chi connectivity index (χ3v) is 2.63. The number of aryl methyl sites for hydroxylation is 1. The van der Waals surface area contributed by atoms with E-state index in [1.54, 1.807) is 12.3 Å². The topological polar surface area (TPSA) is 25.2 Å². The van der Waals surface area contributed by atoms with Gasteiger partial charge in [-0.05, 0) is 48.9 Å². The van der Waals surface area contributed by atoms with Crippen molar-refractivity contribution in [2.24, 2.45) is 0 Å². The molecule has 1 atom stereocenters. The van der Waals surface area contributed by atoms with Crippen molar-refractivity contribution in [2.75, 3.05) is 6.54 Å². The number of nitrogens with one attached hydrogen (secondary N) is 1. The molecule has 1 heterocycles. The molecule has 1 aromatic heterocycles. The first-order valence-corrected chi connectivity index (χ1v) is 5.74. The Labute approximate surface area is 100 Å². The number of benzene rings is 1. The van der Waals surface area contributed by atoms with Gasteiger partial charge in [0, 0.05) is 0 Å². The second-order valence-corrected chi connectivity index (χ2v) is 4.07. The summed E-state index contributed by atoms with van der Waals surface area (Å²) in [5.41, 5.74) is 1.80. The summed E-state index contributed by atoms with van der Waals surface area (Å²) in [6, 6.07) is 8.68. The molecule has 0 saturated carbocycles. The molecule has 1 unspecified atom stereocenters. The molecule has 1 aromatic carbocycles. The summed E-state index contributed by atoms with van der Waals surface area (Å²) in [7, 11) is 0. The van der Waals surface area contributed by atoms with Crippen molar-refractivity contribution in [3.05, 3.63) is 59.3 Å². The fraction of sp³-hybridized carbons (Fsp3) is 0.286. The SMILES string of the molecule is CCNC(c1cc(C)cc(F)c1)c1ccco1. The van der Waals surface area contributed by atoms with E-state index in [0.717, 1.165) is 23.4 Å². The molecule has 2 aromatic rings. The van der Waals surface area contributed by atoms with Crippen LogP contribution in [0.2, 0.25) is 0 Å². The van der Waals surface area contributed by atoms with Gasteiger partial charge in [-0.1, -0.05) is 13.0 Å². The Bertz CT molecular complexity index is 459. The lowest BCUT2D eigenvalue weighted by Gasteiger charge is -2.16. The van der Waals surface area contributed by atoms with Crippen LogP contribution in [0.25, 0.3) is 0 Å². The minimum Gasteiger partial charge on any atom is -0.467 e. The second kappa shape index (κ2) is 5.15. The summed E-state index contributed by atoms with van der Waals surface area (Å²) in [6.45, 7) is 4.70. The summed E-state index contributed by atoms with van der Waals surface area (Å²) in [6.07, 6.45) is 1.63. The highest BCUT2D eigenvalue weighted by molar-refractivity contribution is 5.31. The average molecular weight is 233 g/mol. The lowest BCUT2D eigenvalue weighted by molar-refractivity contribution is 0.451. The van der Waals surface area contributed by atoms with E-state index in [1.165, 1.54) is 6.07 Å². The maximum atomic E-state index is 13.4. The van der Waals surface area contributed by atoms with Crippen LogP contribution in [0.4, 0.5) is 4.39 Å². The third-order valence-electron chi connectivity index (χ3n) is 2.63. The van der Waals surface area contributed by atoms with Crippen molar-refractivity contribution in [1.29, 1.82) is 0 Å². The number of rotatable bonds is 4. The summed E-state index contributed by atoms with van der Waals surface area (Å²) < 4.78 is 18.8. The van der Waals surface area contributed by atoms with Crippen LogP contribution in [0.1, 0.15) is 29.9 Å². The van der Waals surface area contributed by atoms with Gasteiger partial charge in [0.2, 0.25) is 0 Å². The summed E-state index contributed by atoms with van der Waals surface area (Å²) in [5.74, 6) is 0.589. The lowest BCUT2D eigenvalue weighted by Crippen LogP contribution is -2.21. The standard InChI is InChI=1S/C14H16FNO/c1-3-16-14(13-5-4-6-17-13)11-7-10(2)8-12(15)9-11/h4-9,14,16H,3H2,1-2H3. The van der Waals surface area contributed by atoms with Crippen LogP contribution in [-0.4, -0.2) is 6.54 Å². The van der Waals surface area contributed by atoms with E-state index in [1.807, 2.05) is 32.0 Å². The number of hydrogen-bond acceptors (Lipinski definition) is 2. The third kappa shape index (κ3) is 2.74. The monoisotopic (exact) mass is 233 g/mol. The van der Waals surface area contributed by atoms with Crippen LogP contribution in [-0.2, 0) is 0 Å². The van der Waals surface area contributed by atoms with Crippen LogP contribution in [0.5, 0.6) is 0 Å². The first-order chi connectivity index (χ1) is 8.20. The van der Waals surface area contributed by atoms with E-state index in [9.17, 15) is 4.39 Å². The largest absolute Gasteiger partial charge is 0.467 e. The van der Waals surface area contributed by atoms with Crippen LogP contribution < -0.4 is 5.32 Å². The quantitative estimate of drug-likeness (QED) is 0.875. The van der Waals surface area contributed by atoms with E-state index in [-0.39, 0.29) is 11.9 Å². The van der Waals surface area contributed by atoms with Crippen molar-refractivity contribution in [1.82, 2.24) is 5.32 Å². The van der Waals surface area contributed by atoms with Gasteiger partial charge in [0.25, 0.3) is 0 Å². The first-order valence-electron chi connectivity index (χ1n) is 5.74. The molecule has 1 N–H and O–H groups in total. The minimum atomic E-state index is -0.213. The van der Waals surface area contributed by atoms with E-state index >= 15 is 0 Å². The Morgan fingerprint density at radius 1 is 1.35 bits per heavy atom. The number of hydrogen-bond donors (Lipinski definition) is 1. The fourth-order valence-electron chi connectivity index (χ4n) is 1.97. The van der Waals surface area contributed by atoms with Gasteiger partial charge in [-0.2, -0.15) is 0 Å². The van der Waals surface area contributed by atoms with Gasteiger partial charge in [-0.3, -0.25) is 0 Å². The lowest BCUT2D eigenvalue weighted by atomic mass is 10.0. The number of furan rings is 1. The van der Waals surface area contributed by atoms with Crippen LogP contribution in [0, 0.1) is 12.7 Å². The molecule has 0 saturated heterocycles. The molecule has 0 fully saturated rings. The van der Waals surface area contributed by atoms with Gasteiger partial charge >= 0.3 is 0 Å². The Morgan fingerprint density at radius 3 is 2.76 bits per heavy atom. The first kappa shape index (κ1) is 11.9. The summed E-state index contributed by atoms with van der Waals surface area (Å²) >= 11 is 0. The molecule has 0 aliphatic heterocycles. The molecule has 0 radical (unpaired) electrons. The fourth-order valence-corrected chi connectivity index (χ4v) is 1.97.